The Labute approximate surface area is 61.8 Å². The quantitative estimate of drug-likeness (QED) is 0.542. The highest BCUT2D eigenvalue weighted by atomic mass is 16.1. The second-order valence-electron chi connectivity index (χ2n) is 3.66. The van der Waals surface area contributed by atoms with Gasteiger partial charge in [0.05, 0.1) is 0 Å². The zero-order valence-corrected chi connectivity index (χ0v) is 6.31. The molecule has 0 bridgehead atoms. The third-order valence-electron chi connectivity index (χ3n) is 3.08. The lowest BCUT2D eigenvalue weighted by atomic mass is 9.74. The van der Waals surface area contributed by atoms with Gasteiger partial charge in [-0.25, -0.2) is 0 Å². The zero-order chi connectivity index (χ0) is 6.97. The molecule has 56 valence electrons. The lowest BCUT2D eigenvalue weighted by Gasteiger charge is -2.29. The molecule has 1 heteroatoms. The number of ketones is 1. The van der Waals surface area contributed by atoms with Crippen molar-refractivity contribution >= 4 is 5.78 Å². The molecule has 0 amide bonds. The summed E-state index contributed by atoms with van der Waals surface area (Å²) in [6.07, 6.45) is 7.47. The predicted molar refractivity (Wildman–Crippen MR) is 39.7 cm³/mol. The molecule has 2 aliphatic carbocycles. The van der Waals surface area contributed by atoms with E-state index in [9.17, 15) is 4.79 Å². The van der Waals surface area contributed by atoms with Crippen molar-refractivity contribution in [2.45, 2.75) is 38.5 Å². The van der Waals surface area contributed by atoms with Crippen molar-refractivity contribution in [3.05, 3.63) is 0 Å². The average molecular weight is 138 g/mol. The lowest BCUT2D eigenvalue weighted by Crippen LogP contribution is -2.31. The van der Waals surface area contributed by atoms with Gasteiger partial charge in [-0.3, -0.25) is 4.79 Å². The molecule has 2 fully saturated rings. The molecule has 2 saturated carbocycles. The van der Waals surface area contributed by atoms with Crippen LogP contribution >= 0.6 is 0 Å². The summed E-state index contributed by atoms with van der Waals surface area (Å²) < 4.78 is 0. The summed E-state index contributed by atoms with van der Waals surface area (Å²) >= 11 is 0. The SMILES string of the molecule is O=C1CC[C@@H]1C1CCCC1. The summed E-state index contributed by atoms with van der Waals surface area (Å²) in [6, 6.07) is 0. The van der Waals surface area contributed by atoms with E-state index in [2.05, 4.69) is 0 Å². The second-order valence-corrected chi connectivity index (χ2v) is 3.66. The van der Waals surface area contributed by atoms with Crippen molar-refractivity contribution in [3.63, 3.8) is 0 Å². The van der Waals surface area contributed by atoms with Gasteiger partial charge in [0.2, 0.25) is 0 Å². The van der Waals surface area contributed by atoms with E-state index < -0.39 is 0 Å². The van der Waals surface area contributed by atoms with Crippen LogP contribution in [-0.2, 0) is 4.79 Å². The van der Waals surface area contributed by atoms with Crippen LogP contribution in [-0.4, -0.2) is 5.78 Å². The smallest absolute Gasteiger partial charge is 0.136 e. The molecule has 1 nitrogen and oxygen atoms in total. The van der Waals surface area contributed by atoms with E-state index >= 15 is 0 Å². The average Bonchev–Trinajstić information content (AvgIpc) is 2.37. The molecule has 2 aliphatic rings. The highest BCUT2D eigenvalue weighted by molar-refractivity contribution is 5.86. The van der Waals surface area contributed by atoms with E-state index in [-0.39, 0.29) is 0 Å². The molecule has 0 radical (unpaired) electrons. The molecule has 0 unspecified atom stereocenters. The lowest BCUT2D eigenvalue weighted by molar-refractivity contribution is -0.131. The second kappa shape index (κ2) is 2.37. The van der Waals surface area contributed by atoms with Gasteiger partial charge in [0.25, 0.3) is 0 Å². The standard InChI is InChI=1S/C9H14O/c10-9-6-5-8(9)7-3-1-2-4-7/h7-8H,1-6H2/t8-/m1/s1. The molecule has 0 heterocycles. The first-order chi connectivity index (χ1) is 4.88. The van der Waals surface area contributed by atoms with Crippen LogP contribution in [0.3, 0.4) is 0 Å². The number of rotatable bonds is 1. The van der Waals surface area contributed by atoms with Crippen molar-refractivity contribution in [2.75, 3.05) is 0 Å². The fraction of sp³-hybridized carbons (Fsp3) is 0.889. The first-order valence-electron chi connectivity index (χ1n) is 4.40. The molecule has 1 atom stereocenters. The van der Waals surface area contributed by atoms with Gasteiger partial charge in [-0.05, 0) is 25.2 Å². The Bertz CT molecular complexity index is 145. The first kappa shape index (κ1) is 6.38. The number of Topliss-reactive ketones (excluding diaryl/α,β-unsaturated/α-hetero) is 1. The molecule has 0 aromatic rings. The van der Waals surface area contributed by atoms with Gasteiger partial charge < -0.3 is 0 Å². The van der Waals surface area contributed by atoms with Crippen LogP contribution in [0.4, 0.5) is 0 Å². The van der Waals surface area contributed by atoms with Crippen LogP contribution in [0.1, 0.15) is 38.5 Å². The van der Waals surface area contributed by atoms with Gasteiger partial charge in [0.1, 0.15) is 5.78 Å². The van der Waals surface area contributed by atoms with Gasteiger partial charge in [-0.2, -0.15) is 0 Å². The molecular weight excluding hydrogens is 124 g/mol. The Kier molecular flexibility index (Phi) is 1.51. The third kappa shape index (κ3) is 0.882. The zero-order valence-electron chi connectivity index (χ0n) is 6.31. The Morgan fingerprint density at radius 2 is 1.80 bits per heavy atom. The van der Waals surface area contributed by atoms with Crippen LogP contribution in [0.2, 0.25) is 0 Å². The Hall–Kier alpha value is -0.330. The maximum atomic E-state index is 11.0. The van der Waals surface area contributed by atoms with Crippen LogP contribution < -0.4 is 0 Å². The normalized spacial score (nSPS) is 34.4. The third-order valence-corrected chi connectivity index (χ3v) is 3.08. The van der Waals surface area contributed by atoms with Gasteiger partial charge >= 0.3 is 0 Å². The maximum absolute atomic E-state index is 11.0. The van der Waals surface area contributed by atoms with E-state index in [1.165, 1.54) is 32.1 Å². The van der Waals surface area contributed by atoms with Crippen LogP contribution in [0.15, 0.2) is 0 Å². The highest BCUT2D eigenvalue weighted by Crippen LogP contribution is 2.39. The molecule has 10 heavy (non-hydrogen) atoms. The summed E-state index contributed by atoms with van der Waals surface area (Å²) in [5.41, 5.74) is 0. The van der Waals surface area contributed by atoms with E-state index in [1.54, 1.807) is 0 Å². The summed E-state index contributed by atoms with van der Waals surface area (Å²) in [6.45, 7) is 0. The van der Waals surface area contributed by atoms with Gasteiger partial charge in [0.15, 0.2) is 0 Å². The Balaban J connectivity index is 1.92. The van der Waals surface area contributed by atoms with Gasteiger partial charge in [-0.1, -0.05) is 12.8 Å². The number of carbonyl (C=O) groups is 1. The monoisotopic (exact) mass is 138 g/mol. The summed E-state index contributed by atoms with van der Waals surface area (Å²) in [7, 11) is 0. The summed E-state index contributed by atoms with van der Waals surface area (Å²) in [4.78, 5) is 11.0. The number of carbonyl (C=O) groups excluding carboxylic acids is 1. The summed E-state index contributed by atoms with van der Waals surface area (Å²) in [5, 5.41) is 0. The largest absolute Gasteiger partial charge is 0.299 e. The highest BCUT2D eigenvalue weighted by Gasteiger charge is 2.36. The van der Waals surface area contributed by atoms with Crippen LogP contribution in [0, 0.1) is 11.8 Å². The van der Waals surface area contributed by atoms with Crippen LogP contribution in [0.5, 0.6) is 0 Å². The fourth-order valence-electron chi connectivity index (χ4n) is 2.29. The van der Waals surface area contributed by atoms with E-state index in [4.69, 9.17) is 0 Å². The molecule has 0 aliphatic heterocycles. The minimum absolute atomic E-state index is 0.502. The molecule has 0 saturated heterocycles. The van der Waals surface area contributed by atoms with Gasteiger partial charge in [-0.15, -0.1) is 0 Å². The topological polar surface area (TPSA) is 17.1 Å². The first-order valence-corrected chi connectivity index (χ1v) is 4.40. The summed E-state index contributed by atoms with van der Waals surface area (Å²) in [5.74, 6) is 1.84. The molecule has 0 N–H and O–H groups in total. The van der Waals surface area contributed by atoms with Crippen LogP contribution in [0.25, 0.3) is 0 Å². The maximum Gasteiger partial charge on any atom is 0.136 e. The van der Waals surface area contributed by atoms with E-state index in [0.717, 1.165) is 12.3 Å². The van der Waals surface area contributed by atoms with Crippen molar-refractivity contribution in [3.8, 4) is 0 Å². The number of hydrogen-bond acceptors (Lipinski definition) is 1. The minimum atomic E-state index is 0.502. The van der Waals surface area contributed by atoms with E-state index in [0.29, 0.717) is 11.7 Å². The number of hydrogen-bond donors (Lipinski definition) is 0. The van der Waals surface area contributed by atoms with E-state index in [1.807, 2.05) is 0 Å². The molecular formula is C9H14O. The van der Waals surface area contributed by atoms with Crippen molar-refractivity contribution in [1.82, 2.24) is 0 Å². The molecule has 0 spiro atoms. The van der Waals surface area contributed by atoms with Crippen molar-refractivity contribution in [1.29, 1.82) is 0 Å². The minimum Gasteiger partial charge on any atom is -0.299 e. The molecule has 0 aromatic heterocycles. The molecule has 2 rings (SSSR count). The Morgan fingerprint density at radius 3 is 2.20 bits per heavy atom. The Morgan fingerprint density at radius 1 is 1.10 bits per heavy atom. The fourth-order valence-corrected chi connectivity index (χ4v) is 2.29. The predicted octanol–water partition coefficient (Wildman–Crippen LogP) is 2.16. The van der Waals surface area contributed by atoms with Crippen molar-refractivity contribution < 1.29 is 4.79 Å². The van der Waals surface area contributed by atoms with Gasteiger partial charge in [0, 0.05) is 12.3 Å². The van der Waals surface area contributed by atoms with Crippen molar-refractivity contribution in [2.24, 2.45) is 11.8 Å². The molecule has 0 aromatic carbocycles.